The molecule has 19 heavy (non-hydrogen) atoms. The van der Waals surface area contributed by atoms with Gasteiger partial charge in [-0.3, -0.25) is 4.79 Å². The fourth-order valence-electron chi connectivity index (χ4n) is 1.46. The van der Waals surface area contributed by atoms with Crippen LogP contribution >= 0.6 is 23.2 Å². The summed E-state index contributed by atoms with van der Waals surface area (Å²) in [6, 6.07) is 4.01. The monoisotopic (exact) mass is 300 g/mol. The van der Waals surface area contributed by atoms with E-state index < -0.39 is 12.0 Å². The van der Waals surface area contributed by atoms with E-state index in [4.69, 9.17) is 34.0 Å². The molecule has 0 aliphatic rings. The van der Waals surface area contributed by atoms with Gasteiger partial charge in [0.2, 0.25) is 0 Å². The Labute approximate surface area is 118 Å². The second-order valence-electron chi connectivity index (χ2n) is 3.90. The molecule has 2 aromatic rings. The van der Waals surface area contributed by atoms with Crippen molar-refractivity contribution in [1.82, 2.24) is 15.0 Å². The van der Waals surface area contributed by atoms with Crippen LogP contribution in [0, 0.1) is 0 Å². The Hall–Kier alpha value is -1.63. The van der Waals surface area contributed by atoms with Crippen molar-refractivity contribution in [3.8, 4) is 5.69 Å². The summed E-state index contributed by atoms with van der Waals surface area (Å²) in [5, 5.41) is 17.3. The van der Waals surface area contributed by atoms with Crippen LogP contribution in [-0.2, 0) is 11.2 Å². The molecule has 1 unspecified atom stereocenters. The molecule has 0 fully saturated rings. The first-order valence-electron chi connectivity index (χ1n) is 5.32. The van der Waals surface area contributed by atoms with Crippen LogP contribution in [-0.4, -0.2) is 32.1 Å². The van der Waals surface area contributed by atoms with Gasteiger partial charge < -0.3 is 10.8 Å². The number of nitrogens with two attached hydrogens (primary N) is 1. The summed E-state index contributed by atoms with van der Waals surface area (Å²) in [4.78, 5) is 10.7. The predicted octanol–water partition coefficient (Wildman–Crippen LogP) is 1.53. The minimum absolute atomic E-state index is 0.108. The summed E-state index contributed by atoms with van der Waals surface area (Å²) in [6.45, 7) is 0. The molecule has 1 aromatic carbocycles. The number of carboxylic acids is 1. The van der Waals surface area contributed by atoms with E-state index in [0.29, 0.717) is 21.4 Å². The van der Waals surface area contributed by atoms with Crippen LogP contribution in [0.4, 0.5) is 0 Å². The highest BCUT2D eigenvalue weighted by Crippen LogP contribution is 2.24. The van der Waals surface area contributed by atoms with Gasteiger partial charge in [-0.1, -0.05) is 28.4 Å². The Morgan fingerprint density at radius 3 is 2.79 bits per heavy atom. The van der Waals surface area contributed by atoms with Gasteiger partial charge in [0.25, 0.3) is 0 Å². The quantitative estimate of drug-likeness (QED) is 0.893. The summed E-state index contributed by atoms with van der Waals surface area (Å²) >= 11 is 11.7. The zero-order valence-corrected chi connectivity index (χ0v) is 11.1. The number of hydrogen-bond acceptors (Lipinski definition) is 4. The van der Waals surface area contributed by atoms with Crippen LogP contribution in [0.3, 0.4) is 0 Å². The Kier molecular flexibility index (Phi) is 4.04. The summed E-state index contributed by atoms with van der Waals surface area (Å²) in [6.07, 6.45) is 1.71. The van der Waals surface area contributed by atoms with Crippen molar-refractivity contribution >= 4 is 29.2 Å². The number of rotatable bonds is 4. The van der Waals surface area contributed by atoms with E-state index in [1.807, 2.05) is 0 Å². The minimum Gasteiger partial charge on any atom is -0.480 e. The number of hydrogen-bond donors (Lipinski definition) is 2. The Morgan fingerprint density at radius 1 is 1.42 bits per heavy atom. The SMILES string of the molecule is NC(Cc1cn(-c2ccc(Cl)c(Cl)c2)nn1)C(=O)O. The number of nitrogens with zero attached hydrogens (tertiary/aromatic N) is 3. The molecule has 3 N–H and O–H groups in total. The van der Waals surface area contributed by atoms with Gasteiger partial charge >= 0.3 is 5.97 Å². The van der Waals surface area contributed by atoms with Crippen molar-refractivity contribution < 1.29 is 9.90 Å². The molecule has 0 amide bonds. The van der Waals surface area contributed by atoms with E-state index in [0.717, 1.165) is 0 Å². The van der Waals surface area contributed by atoms with Gasteiger partial charge in [-0.05, 0) is 18.2 Å². The lowest BCUT2D eigenvalue weighted by molar-refractivity contribution is -0.138. The molecule has 0 bridgehead atoms. The maximum Gasteiger partial charge on any atom is 0.320 e. The molecule has 6 nitrogen and oxygen atoms in total. The number of halogens is 2. The Bertz CT molecular complexity index is 614. The second kappa shape index (κ2) is 5.56. The highest BCUT2D eigenvalue weighted by molar-refractivity contribution is 6.42. The smallest absolute Gasteiger partial charge is 0.320 e. The van der Waals surface area contributed by atoms with Crippen LogP contribution in [0.1, 0.15) is 5.69 Å². The number of aliphatic carboxylic acids is 1. The van der Waals surface area contributed by atoms with E-state index in [1.165, 1.54) is 4.68 Å². The molecular weight excluding hydrogens is 291 g/mol. The maximum atomic E-state index is 10.7. The first kappa shape index (κ1) is 13.8. The number of benzene rings is 1. The van der Waals surface area contributed by atoms with Crippen molar-refractivity contribution in [1.29, 1.82) is 0 Å². The van der Waals surface area contributed by atoms with E-state index in [1.54, 1.807) is 24.4 Å². The molecule has 1 atom stereocenters. The second-order valence-corrected chi connectivity index (χ2v) is 4.72. The van der Waals surface area contributed by atoms with Crippen molar-refractivity contribution in [2.75, 3.05) is 0 Å². The van der Waals surface area contributed by atoms with Gasteiger partial charge in [0.05, 0.1) is 27.6 Å². The molecule has 0 saturated carbocycles. The molecule has 0 saturated heterocycles. The van der Waals surface area contributed by atoms with Crippen molar-refractivity contribution in [2.24, 2.45) is 5.73 Å². The molecule has 8 heteroatoms. The molecule has 100 valence electrons. The lowest BCUT2D eigenvalue weighted by atomic mass is 10.2. The Morgan fingerprint density at radius 2 is 2.16 bits per heavy atom. The summed E-state index contributed by atoms with van der Waals surface area (Å²) in [5.74, 6) is -1.08. The zero-order chi connectivity index (χ0) is 14.0. The molecule has 0 aliphatic carbocycles. The van der Waals surface area contributed by atoms with Gasteiger partial charge in [0.15, 0.2) is 0 Å². The first-order valence-corrected chi connectivity index (χ1v) is 6.08. The third kappa shape index (κ3) is 3.23. The molecule has 1 heterocycles. The van der Waals surface area contributed by atoms with Gasteiger partial charge in [-0.2, -0.15) is 0 Å². The average Bonchev–Trinajstić information content (AvgIpc) is 2.81. The zero-order valence-electron chi connectivity index (χ0n) is 9.62. The topological polar surface area (TPSA) is 94.0 Å². The number of carboxylic acid groups (broad SMARTS) is 1. The summed E-state index contributed by atoms with van der Waals surface area (Å²) in [7, 11) is 0. The molecule has 0 radical (unpaired) electrons. The maximum absolute atomic E-state index is 10.7. The van der Waals surface area contributed by atoms with Gasteiger partial charge in [-0.25, -0.2) is 4.68 Å². The predicted molar refractivity (Wildman–Crippen MR) is 70.7 cm³/mol. The summed E-state index contributed by atoms with van der Waals surface area (Å²) in [5.41, 5.74) is 6.59. The van der Waals surface area contributed by atoms with Crippen molar-refractivity contribution in [3.05, 3.63) is 40.1 Å². The fraction of sp³-hybridized carbons (Fsp3) is 0.182. The third-order valence-electron chi connectivity index (χ3n) is 2.45. The van der Waals surface area contributed by atoms with E-state index in [2.05, 4.69) is 10.3 Å². The average molecular weight is 301 g/mol. The van der Waals surface area contributed by atoms with E-state index in [-0.39, 0.29) is 6.42 Å². The van der Waals surface area contributed by atoms with Gasteiger partial charge in [0, 0.05) is 6.42 Å². The lowest BCUT2D eigenvalue weighted by Gasteiger charge is -2.02. The number of carbonyl (C=O) groups is 1. The summed E-state index contributed by atoms with van der Waals surface area (Å²) < 4.78 is 1.48. The lowest BCUT2D eigenvalue weighted by Crippen LogP contribution is -2.32. The van der Waals surface area contributed by atoms with Crippen molar-refractivity contribution in [2.45, 2.75) is 12.5 Å². The minimum atomic E-state index is -1.08. The third-order valence-corrected chi connectivity index (χ3v) is 3.19. The Balaban J connectivity index is 2.20. The molecule has 0 spiro atoms. The van der Waals surface area contributed by atoms with Crippen LogP contribution in [0.2, 0.25) is 10.0 Å². The van der Waals surface area contributed by atoms with Crippen molar-refractivity contribution in [3.63, 3.8) is 0 Å². The highest BCUT2D eigenvalue weighted by Gasteiger charge is 2.14. The standard InChI is InChI=1S/C11H10Cl2N4O2/c12-8-2-1-7(4-9(8)13)17-5-6(15-16-17)3-10(14)11(18)19/h1-2,4-5,10H,3,14H2,(H,18,19). The first-order chi connectivity index (χ1) is 8.97. The van der Waals surface area contributed by atoms with Gasteiger partial charge in [0.1, 0.15) is 6.04 Å². The molecule has 1 aromatic heterocycles. The largest absolute Gasteiger partial charge is 0.480 e. The van der Waals surface area contributed by atoms with Crippen LogP contribution < -0.4 is 5.73 Å². The van der Waals surface area contributed by atoms with E-state index >= 15 is 0 Å². The normalized spacial score (nSPS) is 12.4. The van der Waals surface area contributed by atoms with Crippen LogP contribution in [0.25, 0.3) is 5.69 Å². The van der Waals surface area contributed by atoms with Crippen LogP contribution in [0.5, 0.6) is 0 Å². The van der Waals surface area contributed by atoms with Crippen LogP contribution in [0.15, 0.2) is 24.4 Å². The number of aromatic nitrogens is 3. The molecule has 0 aliphatic heterocycles. The highest BCUT2D eigenvalue weighted by atomic mass is 35.5. The van der Waals surface area contributed by atoms with E-state index in [9.17, 15) is 4.79 Å². The molecule has 2 rings (SSSR count). The van der Waals surface area contributed by atoms with Gasteiger partial charge in [-0.15, -0.1) is 5.10 Å². The molecular formula is C11H10Cl2N4O2. The fourth-order valence-corrected chi connectivity index (χ4v) is 1.75.